The maximum atomic E-state index is 10.5. The van der Waals surface area contributed by atoms with Gasteiger partial charge in [-0.2, -0.15) is 5.10 Å². The van der Waals surface area contributed by atoms with E-state index in [1.807, 2.05) is 6.07 Å². The van der Waals surface area contributed by atoms with Gasteiger partial charge in [-0.05, 0) is 23.3 Å². The second-order valence-electron chi connectivity index (χ2n) is 4.11. The molecule has 0 saturated heterocycles. The number of aromatic hydroxyl groups is 1. The highest BCUT2D eigenvalue weighted by atomic mass is 16.6. The number of hydrogen-bond donors (Lipinski definition) is 2. The maximum Gasteiger partial charge on any atom is 0.269 e. The molecule has 20 heavy (non-hydrogen) atoms. The lowest BCUT2D eigenvalue weighted by atomic mass is 10.2. The number of phenols is 1. The lowest BCUT2D eigenvalue weighted by Gasteiger charge is -2.00. The van der Waals surface area contributed by atoms with Crippen LogP contribution in [0.1, 0.15) is 11.1 Å². The average Bonchev–Trinajstić information content (AvgIpc) is 2.44. The van der Waals surface area contributed by atoms with Crippen molar-refractivity contribution >= 4 is 11.9 Å². The molecule has 0 aliphatic carbocycles. The van der Waals surface area contributed by atoms with Crippen molar-refractivity contribution in [3.63, 3.8) is 0 Å². The van der Waals surface area contributed by atoms with E-state index in [9.17, 15) is 15.2 Å². The first-order chi connectivity index (χ1) is 9.65. The van der Waals surface area contributed by atoms with Gasteiger partial charge < -0.3 is 10.5 Å². The smallest absolute Gasteiger partial charge is 0.269 e. The van der Waals surface area contributed by atoms with Gasteiger partial charge in [-0.1, -0.05) is 24.3 Å². The van der Waals surface area contributed by atoms with Crippen LogP contribution in [0, 0.1) is 10.1 Å². The molecule has 2 aromatic rings. The van der Waals surface area contributed by atoms with Gasteiger partial charge in [-0.15, -0.1) is 0 Å². The molecule has 0 heterocycles. The van der Waals surface area contributed by atoms with Crippen LogP contribution >= 0.6 is 0 Å². The third kappa shape index (κ3) is 3.81. The van der Waals surface area contributed by atoms with Gasteiger partial charge in [-0.25, -0.2) is 0 Å². The largest absolute Gasteiger partial charge is 0.508 e. The molecule has 6 heteroatoms. The van der Waals surface area contributed by atoms with Gasteiger partial charge in [0.15, 0.2) is 0 Å². The molecule has 2 aromatic carbocycles. The van der Waals surface area contributed by atoms with Crippen molar-refractivity contribution in [3.8, 4) is 5.75 Å². The minimum atomic E-state index is -0.433. The maximum absolute atomic E-state index is 10.5. The van der Waals surface area contributed by atoms with E-state index in [4.69, 9.17) is 0 Å². The quantitative estimate of drug-likeness (QED) is 0.496. The average molecular weight is 271 g/mol. The van der Waals surface area contributed by atoms with Crippen LogP contribution in [0.5, 0.6) is 5.75 Å². The summed E-state index contributed by atoms with van der Waals surface area (Å²) in [7, 11) is 0. The Labute approximate surface area is 115 Å². The Morgan fingerprint density at radius 1 is 1.25 bits per heavy atom. The molecular weight excluding hydrogens is 258 g/mol. The van der Waals surface area contributed by atoms with Gasteiger partial charge in [0.2, 0.25) is 0 Å². The first kappa shape index (κ1) is 13.5. The van der Waals surface area contributed by atoms with E-state index < -0.39 is 4.92 Å². The van der Waals surface area contributed by atoms with Crippen molar-refractivity contribution in [1.82, 2.24) is 5.43 Å². The van der Waals surface area contributed by atoms with Crippen molar-refractivity contribution < 1.29 is 10.0 Å². The molecular formula is C14H13N3O3. The third-order valence-electron chi connectivity index (χ3n) is 2.61. The third-order valence-corrected chi connectivity index (χ3v) is 2.61. The summed E-state index contributed by atoms with van der Waals surface area (Å²) < 4.78 is 0. The van der Waals surface area contributed by atoms with Crippen molar-refractivity contribution in [2.75, 3.05) is 0 Å². The Hall–Kier alpha value is -2.89. The molecule has 102 valence electrons. The zero-order valence-electron chi connectivity index (χ0n) is 10.6. The summed E-state index contributed by atoms with van der Waals surface area (Å²) in [6.45, 7) is 0.466. The van der Waals surface area contributed by atoms with Crippen LogP contribution in [-0.4, -0.2) is 16.2 Å². The number of non-ortho nitro benzene ring substituents is 1. The highest BCUT2D eigenvalue weighted by molar-refractivity contribution is 5.79. The summed E-state index contributed by atoms with van der Waals surface area (Å²) in [4.78, 5) is 10.1. The Bertz CT molecular complexity index is 624. The molecule has 0 radical (unpaired) electrons. The highest BCUT2D eigenvalue weighted by Gasteiger charge is 2.02. The van der Waals surface area contributed by atoms with Crippen molar-refractivity contribution in [2.45, 2.75) is 6.54 Å². The predicted molar refractivity (Wildman–Crippen MR) is 75.6 cm³/mol. The van der Waals surface area contributed by atoms with E-state index in [-0.39, 0.29) is 11.4 Å². The molecule has 0 aliphatic heterocycles. The monoisotopic (exact) mass is 271 g/mol. The number of phenolic OH excluding ortho intramolecular Hbond substituents is 1. The summed E-state index contributed by atoms with van der Waals surface area (Å²) in [6.07, 6.45) is 1.59. The van der Waals surface area contributed by atoms with Crippen LogP contribution < -0.4 is 5.43 Å². The Kier molecular flexibility index (Phi) is 4.28. The van der Waals surface area contributed by atoms with Crippen molar-refractivity contribution in [2.24, 2.45) is 5.10 Å². The molecule has 0 amide bonds. The molecule has 0 aromatic heterocycles. The van der Waals surface area contributed by atoms with Gasteiger partial charge in [0.1, 0.15) is 5.75 Å². The summed E-state index contributed by atoms with van der Waals surface area (Å²) in [5.74, 6) is 0.185. The van der Waals surface area contributed by atoms with Crippen LogP contribution in [0.15, 0.2) is 53.6 Å². The normalized spacial score (nSPS) is 10.6. The first-order valence-electron chi connectivity index (χ1n) is 5.93. The summed E-state index contributed by atoms with van der Waals surface area (Å²) >= 11 is 0. The van der Waals surface area contributed by atoms with Gasteiger partial charge in [0.25, 0.3) is 5.69 Å². The molecule has 0 fully saturated rings. The van der Waals surface area contributed by atoms with Gasteiger partial charge in [0.05, 0.1) is 17.7 Å². The molecule has 0 bridgehead atoms. The van der Waals surface area contributed by atoms with Crippen LogP contribution in [-0.2, 0) is 6.54 Å². The van der Waals surface area contributed by atoms with E-state index in [2.05, 4.69) is 10.5 Å². The van der Waals surface area contributed by atoms with Crippen molar-refractivity contribution in [3.05, 3.63) is 69.8 Å². The zero-order chi connectivity index (χ0) is 14.4. The van der Waals surface area contributed by atoms with Gasteiger partial charge in [-0.3, -0.25) is 10.1 Å². The highest BCUT2D eigenvalue weighted by Crippen LogP contribution is 2.11. The Balaban J connectivity index is 1.88. The topological polar surface area (TPSA) is 87.8 Å². The molecule has 0 atom stereocenters. The fourth-order valence-electron chi connectivity index (χ4n) is 1.60. The number of nitrogens with one attached hydrogen (secondary N) is 1. The van der Waals surface area contributed by atoms with E-state index in [0.717, 1.165) is 11.1 Å². The van der Waals surface area contributed by atoms with E-state index in [0.29, 0.717) is 6.54 Å². The lowest BCUT2D eigenvalue weighted by Crippen LogP contribution is -2.05. The SMILES string of the molecule is O=[N+]([O-])c1ccc(CNN=Cc2cccc(O)c2)cc1. The van der Waals surface area contributed by atoms with Crippen LogP contribution in [0.3, 0.4) is 0 Å². The number of nitro groups is 1. The standard InChI is InChI=1S/C14H13N3O3/c18-14-3-1-2-12(8-14)10-16-15-9-11-4-6-13(7-5-11)17(19)20/h1-8,10,15,18H,9H2. The molecule has 0 spiro atoms. The summed E-state index contributed by atoms with van der Waals surface area (Å²) in [6, 6.07) is 13.0. The summed E-state index contributed by atoms with van der Waals surface area (Å²) in [5.41, 5.74) is 4.57. The number of benzene rings is 2. The fourth-order valence-corrected chi connectivity index (χ4v) is 1.60. The van der Waals surface area contributed by atoms with Crippen LogP contribution in [0.25, 0.3) is 0 Å². The van der Waals surface area contributed by atoms with E-state index >= 15 is 0 Å². The molecule has 0 saturated carbocycles. The number of hydrazone groups is 1. The van der Waals surface area contributed by atoms with Gasteiger partial charge in [0, 0.05) is 12.1 Å². The molecule has 0 unspecified atom stereocenters. The number of nitrogens with zero attached hydrogens (tertiary/aromatic N) is 2. The summed E-state index contributed by atoms with van der Waals surface area (Å²) in [5, 5.41) is 23.8. The molecule has 0 aliphatic rings. The second kappa shape index (κ2) is 6.33. The van der Waals surface area contributed by atoms with Crippen molar-refractivity contribution in [1.29, 1.82) is 0 Å². The number of rotatable bonds is 5. The minimum Gasteiger partial charge on any atom is -0.508 e. The Morgan fingerprint density at radius 2 is 2.00 bits per heavy atom. The predicted octanol–water partition coefficient (Wildman–Crippen LogP) is 2.42. The van der Waals surface area contributed by atoms with Gasteiger partial charge >= 0.3 is 0 Å². The van der Waals surface area contributed by atoms with Crippen LogP contribution in [0.4, 0.5) is 5.69 Å². The van der Waals surface area contributed by atoms with Crippen LogP contribution in [0.2, 0.25) is 0 Å². The second-order valence-corrected chi connectivity index (χ2v) is 4.11. The number of hydrogen-bond acceptors (Lipinski definition) is 5. The lowest BCUT2D eigenvalue weighted by molar-refractivity contribution is -0.384. The van der Waals surface area contributed by atoms with E-state index in [1.165, 1.54) is 12.1 Å². The Morgan fingerprint density at radius 3 is 2.65 bits per heavy atom. The first-order valence-corrected chi connectivity index (χ1v) is 5.93. The van der Waals surface area contributed by atoms with E-state index in [1.54, 1.807) is 36.5 Å². The minimum absolute atomic E-state index is 0.0667. The molecule has 6 nitrogen and oxygen atoms in total. The number of nitro benzene ring substituents is 1. The fraction of sp³-hybridized carbons (Fsp3) is 0.0714. The molecule has 2 rings (SSSR count). The molecule has 2 N–H and O–H groups in total. The zero-order valence-corrected chi connectivity index (χ0v) is 10.6.